The number of ether oxygens (including phenoxy) is 1. The van der Waals surface area contributed by atoms with Gasteiger partial charge < -0.3 is 14.0 Å². The molecule has 2 aromatic rings. The fourth-order valence-electron chi connectivity index (χ4n) is 5.99. The quantitative estimate of drug-likeness (QED) is 0.553. The topological polar surface area (TPSA) is 48.0 Å². The van der Waals surface area contributed by atoms with Gasteiger partial charge in [0.2, 0.25) is 0 Å². The Morgan fingerprint density at radius 3 is 2.15 bits per heavy atom. The molecule has 2 atom stereocenters. The van der Waals surface area contributed by atoms with Gasteiger partial charge in [0, 0.05) is 12.0 Å². The number of carbonyl (C=O) groups excluding carboxylic acids is 1. The van der Waals surface area contributed by atoms with Crippen LogP contribution in [0.3, 0.4) is 0 Å². The van der Waals surface area contributed by atoms with Crippen LogP contribution in [0, 0.1) is 0 Å². The zero-order valence-corrected chi connectivity index (χ0v) is 20.4. The molecule has 0 aromatic heterocycles. The van der Waals surface area contributed by atoms with Crippen molar-refractivity contribution in [2.24, 2.45) is 0 Å². The highest BCUT2D eigenvalue weighted by molar-refractivity contribution is 6.54. The Bertz CT molecular complexity index is 1110. The van der Waals surface area contributed by atoms with E-state index in [1.54, 1.807) is 0 Å². The third-order valence-electron chi connectivity index (χ3n) is 8.53. The maximum Gasteiger partial charge on any atom is 0.490 e. The molecule has 34 heavy (non-hydrogen) atoms. The van der Waals surface area contributed by atoms with Crippen LogP contribution in [0.5, 0.6) is 0 Å². The molecular weight excluding hydrogens is 425 g/mol. The standard InChI is InChI=1S/C28H32BNO4/c1-27(2)28(3,4)34-29(33-27)18-15-19-13-14-20(16-18)30(19)26(31)32-17-25-23-11-7-5-9-21(23)22-10-6-8-12-24(22)25/h5-12,15,19-20,25H,13-14,16-17H2,1-4H3. The minimum Gasteiger partial charge on any atom is -0.448 e. The molecule has 0 saturated carbocycles. The van der Waals surface area contributed by atoms with E-state index in [-0.39, 0.29) is 42.4 Å². The van der Waals surface area contributed by atoms with Gasteiger partial charge in [-0.15, -0.1) is 0 Å². The lowest BCUT2D eigenvalue weighted by atomic mass is 9.73. The third-order valence-corrected chi connectivity index (χ3v) is 8.53. The Hall–Kier alpha value is -2.57. The summed E-state index contributed by atoms with van der Waals surface area (Å²) in [4.78, 5) is 15.2. The van der Waals surface area contributed by atoms with E-state index in [2.05, 4.69) is 82.3 Å². The fraction of sp³-hybridized carbons (Fsp3) is 0.464. The van der Waals surface area contributed by atoms with Crippen LogP contribution in [0.25, 0.3) is 11.1 Å². The van der Waals surface area contributed by atoms with Crippen LogP contribution >= 0.6 is 0 Å². The number of benzene rings is 2. The Balaban J connectivity index is 1.17. The zero-order chi connectivity index (χ0) is 23.7. The summed E-state index contributed by atoms with van der Waals surface area (Å²) in [5.41, 5.74) is 5.40. The highest BCUT2D eigenvalue weighted by Gasteiger charge is 2.54. The number of nitrogens with zero attached hydrogens (tertiary/aromatic N) is 1. The van der Waals surface area contributed by atoms with Crippen molar-refractivity contribution < 1.29 is 18.8 Å². The largest absolute Gasteiger partial charge is 0.490 e. The van der Waals surface area contributed by atoms with Gasteiger partial charge in [0.25, 0.3) is 0 Å². The summed E-state index contributed by atoms with van der Waals surface area (Å²) < 4.78 is 18.5. The van der Waals surface area contributed by atoms with Crippen molar-refractivity contribution in [2.75, 3.05) is 6.61 Å². The Kier molecular flexibility index (Phi) is 4.98. The Morgan fingerprint density at radius 1 is 0.971 bits per heavy atom. The summed E-state index contributed by atoms with van der Waals surface area (Å²) in [5.74, 6) is 0.0784. The van der Waals surface area contributed by atoms with Crippen LogP contribution in [0.2, 0.25) is 0 Å². The molecule has 0 N–H and O–H groups in total. The van der Waals surface area contributed by atoms with E-state index in [9.17, 15) is 4.79 Å². The van der Waals surface area contributed by atoms with Crippen LogP contribution in [-0.4, -0.2) is 48.0 Å². The summed E-state index contributed by atoms with van der Waals surface area (Å²) in [5, 5.41) is 0. The number of hydrogen-bond donors (Lipinski definition) is 0. The summed E-state index contributed by atoms with van der Waals surface area (Å²) in [6.45, 7) is 8.67. The summed E-state index contributed by atoms with van der Waals surface area (Å²) >= 11 is 0. The van der Waals surface area contributed by atoms with Crippen molar-refractivity contribution in [2.45, 2.75) is 76.2 Å². The van der Waals surface area contributed by atoms with Crippen LogP contribution in [0.4, 0.5) is 4.79 Å². The minimum atomic E-state index is -0.360. The second kappa shape index (κ2) is 7.72. The second-order valence-corrected chi connectivity index (χ2v) is 11.0. The molecule has 2 unspecified atom stereocenters. The molecule has 176 valence electrons. The molecule has 3 aliphatic heterocycles. The second-order valence-electron chi connectivity index (χ2n) is 11.0. The van der Waals surface area contributed by atoms with E-state index in [4.69, 9.17) is 14.0 Å². The van der Waals surface area contributed by atoms with E-state index in [0.29, 0.717) is 6.61 Å². The summed E-state index contributed by atoms with van der Waals surface area (Å²) in [6, 6.07) is 17.1. The summed E-state index contributed by atoms with van der Waals surface area (Å²) in [7, 11) is -0.335. The van der Waals surface area contributed by atoms with Crippen molar-refractivity contribution in [1.82, 2.24) is 4.90 Å². The number of fused-ring (bicyclic) bond motifs is 5. The maximum atomic E-state index is 13.3. The lowest BCUT2D eigenvalue weighted by Crippen LogP contribution is -2.45. The molecule has 2 aromatic carbocycles. The van der Waals surface area contributed by atoms with Gasteiger partial charge in [-0.3, -0.25) is 4.90 Å². The molecule has 2 saturated heterocycles. The van der Waals surface area contributed by atoms with Gasteiger partial charge in [0.1, 0.15) is 6.61 Å². The molecule has 4 aliphatic rings. The molecular formula is C28H32BNO4. The average molecular weight is 457 g/mol. The van der Waals surface area contributed by atoms with Crippen molar-refractivity contribution in [1.29, 1.82) is 0 Å². The van der Waals surface area contributed by atoms with Gasteiger partial charge >= 0.3 is 13.2 Å². The van der Waals surface area contributed by atoms with Gasteiger partial charge in [-0.05, 0) is 74.7 Å². The van der Waals surface area contributed by atoms with Crippen molar-refractivity contribution in [3.8, 4) is 11.1 Å². The zero-order valence-electron chi connectivity index (χ0n) is 20.4. The average Bonchev–Trinajstić information content (AvgIpc) is 3.35. The van der Waals surface area contributed by atoms with E-state index >= 15 is 0 Å². The molecule has 2 bridgehead atoms. The van der Waals surface area contributed by atoms with Crippen LogP contribution in [0.15, 0.2) is 60.1 Å². The van der Waals surface area contributed by atoms with Crippen molar-refractivity contribution >= 4 is 13.2 Å². The first-order valence-corrected chi connectivity index (χ1v) is 12.4. The highest BCUT2D eigenvalue weighted by Crippen LogP contribution is 2.46. The van der Waals surface area contributed by atoms with Crippen molar-refractivity contribution in [3.05, 3.63) is 71.2 Å². The van der Waals surface area contributed by atoms with Gasteiger partial charge in [-0.1, -0.05) is 54.6 Å². The molecule has 0 spiro atoms. The third kappa shape index (κ3) is 3.34. The number of rotatable bonds is 3. The monoisotopic (exact) mass is 457 g/mol. The molecule has 2 fully saturated rings. The predicted molar refractivity (Wildman–Crippen MR) is 132 cm³/mol. The van der Waals surface area contributed by atoms with E-state index in [0.717, 1.165) is 24.7 Å². The van der Waals surface area contributed by atoms with Gasteiger partial charge in [-0.2, -0.15) is 0 Å². The fourth-order valence-corrected chi connectivity index (χ4v) is 5.99. The number of carbonyl (C=O) groups is 1. The SMILES string of the molecule is CC1(C)OB(C2=CC3CCC(C2)N3C(=O)OCC2c3ccccc3-c3ccccc32)OC1(C)C. The van der Waals surface area contributed by atoms with Crippen LogP contribution in [-0.2, 0) is 14.0 Å². The normalized spacial score (nSPS) is 26.3. The van der Waals surface area contributed by atoms with Gasteiger partial charge in [0.15, 0.2) is 0 Å². The lowest BCUT2D eigenvalue weighted by molar-refractivity contribution is 0.00578. The van der Waals surface area contributed by atoms with Crippen LogP contribution < -0.4 is 0 Å². The summed E-state index contributed by atoms with van der Waals surface area (Å²) in [6.07, 6.45) is 4.69. The van der Waals surface area contributed by atoms with Crippen molar-refractivity contribution in [3.63, 3.8) is 0 Å². The highest BCUT2D eigenvalue weighted by atomic mass is 16.7. The smallest absolute Gasteiger partial charge is 0.448 e. The lowest BCUT2D eigenvalue weighted by Gasteiger charge is -2.34. The molecule has 1 amide bonds. The molecule has 5 nitrogen and oxygen atoms in total. The Morgan fingerprint density at radius 2 is 1.56 bits per heavy atom. The molecule has 3 heterocycles. The molecule has 6 rings (SSSR count). The minimum absolute atomic E-state index is 0.0448. The van der Waals surface area contributed by atoms with Gasteiger partial charge in [-0.25, -0.2) is 4.79 Å². The van der Waals surface area contributed by atoms with E-state index in [1.165, 1.54) is 22.3 Å². The molecule has 0 radical (unpaired) electrons. The van der Waals surface area contributed by atoms with Gasteiger partial charge in [0.05, 0.1) is 17.2 Å². The maximum absolute atomic E-state index is 13.3. The first-order chi connectivity index (χ1) is 16.2. The van der Waals surface area contributed by atoms with Crippen LogP contribution in [0.1, 0.15) is 64.0 Å². The Labute approximate surface area is 202 Å². The molecule has 1 aliphatic carbocycles. The first kappa shape index (κ1) is 21.9. The first-order valence-electron chi connectivity index (χ1n) is 12.4. The van der Waals surface area contributed by atoms with E-state index in [1.807, 2.05) is 4.90 Å². The molecule has 6 heteroatoms. The van der Waals surface area contributed by atoms with E-state index < -0.39 is 0 Å². The number of hydrogen-bond acceptors (Lipinski definition) is 4. The number of amides is 1. The predicted octanol–water partition coefficient (Wildman–Crippen LogP) is 5.73.